The van der Waals surface area contributed by atoms with Gasteiger partial charge in [-0.1, -0.05) is 0 Å². The fourth-order valence-electron chi connectivity index (χ4n) is 3.91. The van der Waals surface area contributed by atoms with E-state index in [0.29, 0.717) is 17.5 Å². The number of nitrogens with one attached hydrogen (secondary N) is 1. The Bertz CT molecular complexity index is 938. The summed E-state index contributed by atoms with van der Waals surface area (Å²) in [5.74, 6) is -0.706. The molecule has 1 aromatic rings. The first-order valence-corrected chi connectivity index (χ1v) is 12.5. The molecule has 1 atom stereocenters. The van der Waals surface area contributed by atoms with Gasteiger partial charge >= 0.3 is 18.4 Å². The Morgan fingerprint density at radius 2 is 1.73 bits per heavy atom. The van der Waals surface area contributed by atoms with Crippen LogP contribution in [-0.2, 0) is 14.1 Å². The smallest absolute Gasteiger partial charge is 0.426 e. The van der Waals surface area contributed by atoms with Crippen LogP contribution in [0.5, 0.6) is 0 Å². The van der Waals surface area contributed by atoms with Gasteiger partial charge < -0.3 is 19.5 Å². The molecular formula is C19H22F6N3O4P. The first-order chi connectivity index (χ1) is 15.0. The summed E-state index contributed by atoms with van der Waals surface area (Å²) in [6.07, 6.45) is -15.1. The van der Waals surface area contributed by atoms with E-state index >= 15 is 0 Å². The first kappa shape index (κ1) is 25.3. The Morgan fingerprint density at radius 1 is 1.15 bits per heavy atom. The van der Waals surface area contributed by atoms with Gasteiger partial charge in [-0.25, -0.2) is 4.79 Å². The molecule has 2 aliphatic rings. The molecular weight excluding hydrogens is 479 g/mol. The van der Waals surface area contributed by atoms with Gasteiger partial charge in [0.2, 0.25) is 5.91 Å². The fourth-order valence-corrected chi connectivity index (χ4v) is 4.68. The second-order valence-electron chi connectivity index (χ2n) is 8.70. The summed E-state index contributed by atoms with van der Waals surface area (Å²) in [5.41, 5.74) is 0.357. The number of ether oxygens (including phenoxy) is 1. The summed E-state index contributed by atoms with van der Waals surface area (Å²) in [6, 6.07) is 3.13. The molecule has 33 heavy (non-hydrogen) atoms. The van der Waals surface area contributed by atoms with Gasteiger partial charge in [0.1, 0.15) is 7.14 Å². The van der Waals surface area contributed by atoms with E-state index in [4.69, 9.17) is 0 Å². The van der Waals surface area contributed by atoms with Crippen molar-refractivity contribution >= 4 is 30.3 Å². The zero-order valence-electron chi connectivity index (χ0n) is 17.7. The second kappa shape index (κ2) is 8.48. The molecule has 1 N–H and O–H groups in total. The zero-order chi connectivity index (χ0) is 24.8. The molecule has 0 radical (unpaired) electrons. The number of hydrogen-bond acceptors (Lipinski definition) is 5. The maximum atomic E-state index is 12.6. The van der Waals surface area contributed by atoms with Crippen molar-refractivity contribution in [2.45, 2.75) is 37.7 Å². The molecule has 0 bridgehead atoms. The van der Waals surface area contributed by atoms with Crippen molar-refractivity contribution in [2.75, 3.05) is 31.7 Å². The number of rotatable bonds is 4. The Balaban J connectivity index is 1.53. The topological polar surface area (TPSA) is 88.6 Å². The minimum Gasteiger partial charge on any atom is -0.426 e. The number of pyridine rings is 1. The van der Waals surface area contributed by atoms with E-state index in [9.17, 15) is 40.5 Å². The van der Waals surface area contributed by atoms with Crippen LogP contribution in [0, 0.1) is 11.3 Å². The highest BCUT2D eigenvalue weighted by molar-refractivity contribution is 7.69. The van der Waals surface area contributed by atoms with E-state index in [2.05, 4.69) is 15.0 Å². The van der Waals surface area contributed by atoms with Crippen LogP contribution >= 0.6 is 7.14 Å². The number of carbonyl (C=O) groups excluding carboxylic acids is 2. The predicted molar refractivity (Wildman–Crippen MR) is 106 cm³/mol. The lowest BCUT2D eigenvalue weighted by Gasteiger charge is -2.33. The molecule has 2 amide bonds. The predicted octanol–water partition coefficient (Wildman–Crippen LogP) is 4.00. The van der Waals surface area contributed by atoms with E-state index in [1.54, 1.807) is 25.5 Å². The number of hydrogen-bond donors (Lipinski definition) is 1. The molecule has 1 saturated carbocycles. The Hall–Kier alpha value is -2.30. The molecule has 1 spiro atoms. The molecule has 0 unspecified atom stereocenters. The minimum absolute atomic E-state index is 0.121. The van der Waals surface area contributed by atoms with E-state index in [0.717, 1.165) is 4.90 Å². The summed E-state index contributed by atoms with van der Waals surface area (Å²) in [5, 5.41) is 2.70. The van der Waals surface area contributed by atoms with Crippen molar-refractivity contribution in [3.8, 4) is 0 Å². The quantitative estimate of drug-likeness (QED) is 0.498. The molecule has 14 heteroatoms. The highest BCUT2D eigenvalue weighted by Crippen LogP contribution is 2.59. The van der Waals surface area contributed by atoms with E-state index in [-0.39, 0.29) is 31.8 Å². The lowest BCUT2D eigenvalue weighted by molar-refractivity contribution is -0.308. The zero-order valence-corrected chi connectivity index (χ0v) is 18.6. The Kier molecular flexibility index (Phi) is 6.51. The molecule has 1 aromatic heterocycles. The van der Waals surface area contributed by atoms with Gasteiger partial charge in [-0.3, -0.25) is 9.78 Å². The van der Waals surface area contributed by atoms with Gasteiger partial charge in [-0.15, -0.1) is 0 Å². The summed E-state index contributed by atoms with van der Waals surface area (Å²) in [4.78, 5) is 29.3. The van der Waals surface area contributed by atoms with E-state index in [1.807, 2.05) is 0 Å². The molecule has 2 heterocycles. The van der Waals surface area contributed by atoms with Crippen LogP contribution in [0.2, 0.25) is 0 Å². The molecule has 1 saturated heterocycles. The van der Waals surface area contributed by atoms with Gasteiger partial charge in [0.25, 0.3) is 6.10 Å². The highest BCUT2D eigenvalue weighted by Gasteiger charge is 2.61. The molecule has 7 nitrogen and oxygen atoms in total. The van der Waals surface area contributed by atoms with Crippen LogP contribution in [0.25, 0.3) is 0 Å². The van der Waals surface area contributed by atoms with Gasteiger partial charge in [-0.2, -0.15) is 26.3 Å². The Morgan fingerprint density at radius 3 is 2.18 bits per heavy atom. The number of nitrogens with zero attached hydrogens (tertiary/aromatic N) is 2. The van der Waals surface area contributed by atoms with Crippen LogP contribution in [-0.4, -0.2) is 66.8 Å². The maximum absolute atomic E-state index is 12.6. The van der Waals surface area contributed by atoms with Gasteiger partial charge in [0.15, 0.2) is 0 Å². The molecule has 3 rings (SSSR count). The van der Waals surface area contributed by atoms with Crippen molar-refractivity contribution in [1.29, 1.82) is 0 Å². The van der Waals surface area contributed by atoms with Gasteiger partial charge in [-0.05, 0) is 50.1 Å². The number of amides is 2. The van der Waals surface area contributed by atoms with Crippen LogP contribution in [0.4, 0.5) is 36.8 Å². The monoisotopic (exact) mass is 501 g/mol. The SMILES string of the molecule is CP(C)(=O)c1ccc(NC(=O)[C@H]2CC23CCN(C(=O)OC(C(F)(F)F)C(F)(F)F)CC3)cn1. The van der Waals surface area contributed by atoms with Crippen molar-refractivity contribution < 1.29 is 45.2 Å². The third-order valence-electron chi connectivity index (χ3n) is 5.90. The first-order valence-electron chi connectivity index (χ1n) is 9.94. The molecule has 184 valence electrons. The number of halogens is 6. The lowest BCUT2D eigenvalue weighted by atomic mass is 9.91. The normalized spacial score (nSPS) is 20.6. The molecule has 2 fully saturated rings. The number of aromatic nitrogens is 1. The molecule has 1 aliphatic carbocycles. The molecule has 1 aliphatic heterocycles. The van der Waals surface area contributed by atoms with Crippen LogP contribution in [0.15, 0.2) is 18.3 Å². The average Bonchev–Trinajstić information content (AvgIpc) is 3.38. The van der Waals surface area contributed by atoms with Crippen molar-refractivity contribution in [1.82, 2.24) is 9.88 Å². The second-order valence-corrected chi connectivity index (χ2v) is 11.9. The van der Waals surface area contributed by atoms with Crippen LogP contribution < -0.4 is 10.8 Å². The van der Waals surface area contributed by atoms with Crippen LogP contribution in [0.3, 0.4) is 0 Å². The van der Waals surface area contributed by atoms with Gasteiger partial charge in [0.05, 0.1) is 17.3 Å². The number of alkyl halides is 6. The third kappa shape index (κ3) is 5.80. The lowest BCUT2D eigenvalue weighted by Crippen LogP contribution is -2.49. The van der Waals surface area contributed by atoms with E-state index < -0.39 is 43.0 Å². The summed E-state index contributed by atoms with van der Waals surface area (Å²) in [7, 11) is -2.54. The summed E-state index contributed by atoms with van der Waals surface area (Å²) < 4.78 is 91.3. The third-order valence-corrected chi connectivity index (χ3v) is 7.27. The van der Waals surface area contributed by atoms with E-state index in [1.165, 1.54) is 6.20 Å². The number of carbonyl (C=O) groups is 2. The Labute approximate surface area is 185 Å². The largest absolute Gasteiger partial charge is 0.434 e. The fraction of sp³-hybridized carbons (Fsp3) is 0.632. The summed E-state index contributed by atoms with van der Waals surface area (Å²) in [6.45, 7) is 2.89. The number of anilines is 1. The van der Waals surface area contributed by atoms with Crippen molar-refractivity contribution in [3.05, 3.63) is 18.3 Å². The van der Waals surface area contributed by atoms with Crippen molar-refractivity contribution in [2.24, 2.45) is 11.3 Å². The highest BCUT2D eigenvalue weighted by atomic mass is 31.2. The van der Waals surface area contributed by atoms with Gasteiger partial charge in [0, 0.05) is 19.0 Å². The average molecular weight is 501 g/mol. The summed E-state index contributed by atoms with van der Waals surface area (Å²) >= 11 is 0. The standard InChI is InChI=1S/C19H22F6N3O4P/c1-33(2,31)13-4-3-11(10-26-13)27-14(29)12-9-17(12)5-7-28(8-6-17)16(30)32-15(18(20,21)22)19(23,24)25/h3-4,10,12,15H,5-9H2,1-2H3,(H,27,29)/t12-/m1/s1. The van der Waals surface area contributed by atoms with Crippen LogP contribution in [0.1, 0.15) is 19.3 Å². The molecule has 0 aromatic carbocycles. The number of piperidine rings is 1. The number of likely N-dealkylation sites (tertiary alicyclic amines) is 1. The minimum atomic E-state index is -5.77. The van der Waals surface area contributed by atoms with Crippen molar-refractivity contribution in [3.63, 3.8) is 0 Å². The maximum Gasteiger partial charge on any atom is 0.434 e.